The second-order valence-corrected chi connectivity index (χ2v) is 18.9. The summed E-state index contributed by atoms with van der Waals surface area (Å²) in [7, 11) is -1.75. The number of nitrogen functional groups attached to an aromatic ring is 1. The zero-order valence-corrected chi connectivity index (χ0v) is 27.3. The summed E-state index contributed by atoms with van der Waals surface area (Å²) in [5.74, 6) is 0.759. The number of hydrogen-bond donors (Lipinski definition) is 2. The fraction of sp³-hybridized carbons (Fsp3) is 0.562. The number of thiophene rings is 1. The van der Waals surface area contributed by atoms with Gasteiger partial charge in [0.05, 0.1) is 11.7 Å². The molecule has 0 radical (unpaired) electrons. The van der Waals surface area contributed by atoms with E-state index < -0.39 is 8.32 Å². The fourth-order valence-corrected chi connectivity index (χ4v) is 7.87. The number of piperidine rings is 1. The van der Waals surface area contributed by atoms with Gasteiger partial charge in [-0.3, -0.25) is 4.79 Å². The third-order valence-electron chi connectivity index (χ3n) is 9.01. The zero-order chi connectivity index (χ0) is 29.4. The maximum absolute atomic E-state index is 13.2. The standard InChI is InChI=1S/C32H46N4O3SSi/c1-7-8-9-22-11-13-26-28(33)29(40-31(26)35-22)30(37)34-23-18-21-10-12-24(19-27(21)38-20-23)36-16-14-25(15-17-36)39-41(5,6)32(2,3)4/h10-13,19,23,25H,7-9,14-18,20,33H2,1-6H3,(H,34,37)/t23-/m1/s1. The number of carbonyl (C=O) groups excluding carboxylic acids is 1. The summed E-state index contributed by atoms with van der Waals surface area (Å²) >= 11 is 1.37. The molecular weight excluding hydrogens is 549 g/mol. The molecule has 2 aromatic heterocycles. The first-order valence-corrected chi connectivity index (χ1v) is 18.8. The van der Waals surface area contributed by atoms with E-state index in [4.69, 9.17) is 19.9 Å². The monoisotopic (exact) mass is 594 g/mol. The van der Waals surface area contributed by atoms with E-state index >= 15 is 0 Å². The van der Waals surface area contributed by atoms with Gasteiger partial charge in [-0.1, -0.05) is 40.2 Å². The lowest BCUT2D eigenvalue weighted by atomic mass is 10.0. The molecule has 0 saturated carbocycles. The molecule has 3 aromatic rings. The molecule has 3 N–H and O–H groups in total. The lowest BCUT2D eigenvalue weighted by Crippen LogP contribution is -2.47. The number of carbonyl (C=O) groups is 1. The molecule has 1 aromatic carbocycles. The Morgan fingerprint density at radius 2 is 1.98 bits per heavy atom. The van der Waals surface area contributed by atoms with Crippen molar-refractivity contribution in [2.75, 3.05) is 30.3 Å². The number of nitrogens with one attached hydrogen (secondary N) is 1. The second kappa shape index (κ2) is 11.9. The lowest BCUT2D eigenvalue weighted by molar-refractivity contribution is 0.0920. The maximum Gasteiger partial charge on any atom is 0.263 e. The minimum Gasteiger partial charge on any atom is -0.491 e. The Morgan fingerprint density at radius 3 is 2.68 bits per heavy atom. The number of fused-ring (bicyclic) bond motifs is 2. The van der Waals surface area contributed by atoms with Crippen molar-refractivity contribution < 1.29 is 14.0 Å². The van der Waals surface area contributed by atoms with Gasteiger partial charge >= 0.3 is 0 Å². The van der Waals surface area contributed by atoms with Gasteiger partial charge in [-0.2, -0.15) is 0 Å². The van der Waals surface area contributed by atoms with Crippen LogP contribution in [-0.4, -0.2) is 51.1 Å². The maximum atomic E-state index is 13.2. The van der Waals surface area contributed by atoms with Crippen LogP contribution in [0.25, 0.3) is 10.2 Å². The Hall–Kier alpha value is -2.62. The van der Waals surface area contributed by atoms with E-state index in [1.54, 1.807) is 0 Å². The molecule has 0 aliphatic carbocycles. The van der Waals surface area contributed by atoms with E-state index in [2.05, 4.69) is 69.2 Å². The summed E-state index contributed by atoms with van der Waals surface area (Å²) < 4.78 is 12.8. The molecule has 7 nitrogen and oxygen atoms in total. The van der Waals surface area contributed by atoms with Crippen LogP contribution in [0.3, 0.4) is 0 Å². The highest BCUT2D eigenvalue weighted by atomic mass is 32.1. The summed E-state index contributed by atoms with van der Waals surface area (Å²) in [6, 6.07) is 10.4. The van der Waals surface area contributed by atoms with Crippen LogP contribution >= 0.6 is 11.3 Å². The highest BCUT2D eigenvalue weighted by Crippen LogP contribution is 2.39. The van der Waals surface area contributed by atoms with Crippen molar-refractivity contribution in [3.8, 4) is 5.75 Å². The third kappa shape index (κ3) is 6.57. The van der Waals surface area contributed by atoms with Crippen LogP contribution < -0.4 is 20.7 Å². The van der Waals surface area contributed by atoms with E-state index in [0.29, 0.717) is 23.3 Å². The average Bonchev–Trinajstić information content (AvgIpc) is 3.27. The molecule has 1 fully saturated rings. The van der Waals surface area contributed by atoms with Gasteiger partial charge in [0.25, 0.3) is 5.91 Å². The fourth-order valence-electron chi connectivity index (χ4n) is 5.43. The lowest BCUT2D eigenvalue weighted by Gasteiger charge is -2.42. The molecule has 1 atom stereocenters. The number of anilines is 2. The first-order chi connectivity index (χ1) is 19.4. The molecule has 2 aliphatic rings. The van der Waals surface area contributed by atoms with Gasteiger partial charge in [0.2, 0.25) is 0 Å². The molecular formula is C32H46N4O3SSi. The minimum absolute atomic E-state index is 0.109. The van der Waals surface area contributed by atoms with Crippen LogP contribution in [0.4, 0.5) is 11.4 Å². The predicted molar refractivity (Wildman–Crippen MR) is 173 cm³/mol. The topological polar surface area (TPSA) is 89.7 Å². The van der Waals surface area contributed by atoms with E-state index in [9.17, 15) is 4.79 Å². The molecule has 1 amide bonds. The average molecular weight is 595 g/mol. The molecule has 4 heterocycles. The van der Waals surface area contributed by atoms with Crippen molar-refractivity contribution in [2.24, 2.45) is 0 Å². The van der Waals surface area contributed by atoms with E-state index in [1.165, 1.54) is 17.0 Å². The van der Waals surface area contributed by atoms with Gasteiger partial charge < -0.3 is 25.1 Å². The number of hydrogen-bond acceptors (Lipinski definition) is 7. The van der Waals surface area contributed by atoms with Gasteiger partial charge in [-0.15, -0.1) is 11.3 Å². The highest BCUT2D eigenvalue weighted by molar-refractivity contribution is 7.21. The molecule has 41 heavy (non-hydrogen) atoms. The number of unbranched alkanes of at least 4 members (excludes halogenated alkanes) is 1. The van der Waals surface area contributed by atoms with Gasteiger partial charge in [-0.05, 0) is 74.0 Å². The van der Waals surface area contributed by atoms with Crippen LogP contribution in [-0.2, 0) is 17.3 Å². The van der Waals surface area contributed by atoms with Crippen molar-refractivity contribution >= 4 is 47.2 Å². The van der Waals surface area contributed by atoms with Crippen molar-refractivity contribution in [3.63, 3.8) is 0 Å². The molecule has 0 unspecified atom stereocenters. The van der Waals surface area contributed by atoms with E-state index in [0.717, 1.165) is 78.8 Å². The number of aromatic nitrogens is 1. The second-order valence-electron chi connectivity index (χ2n) is 13.1. The summed E-state index contributed by atoms with van der Waals surface area (Å²) in [5.41, 5.74) is 10.3. The van der Waals surface area contributed by atoms with Gasteiger partial charge in [0.1, 0.15) is 22.1 Å². The Kier molecular flexibility index (Phi) is 8.69. The summed E-state index contributed by atoms with van der Waals surface area (Å²) in [4.78, 5) is 21.8. The van der Waals surface area contributed by atoms with Crippen LogP contribution in [0, 0.1) is 0 Å². The summed E-state index contributed by atoms with van der Waals surface area (Å²) in [5, 5.41) is 4.24. The smallest absolute Gasteiger partial charge is 0.263 e. The molecule has 5 rings (SSSR count). The quantitative estimate of drug-likeness (QED) is 0.275. The number of nitrogens with two attached hydrogens (primary N) is 1. The Bertz CT molecular complexity index is 1390. The number of rotatable bonds is 8. The zero-order valence-electron chi connectivity index (χ0n) is 25.5. The van der Waals surface area contributed by atoms with Crippen molar-refractivity contribution in [1.29, 1.82) is 0 Å². The first-order valence-electron chi connectivity index (χ1n) is 15.1. The van der Waals surface area contributed by atoms with Crippen LogP contribution in [0.5, 0.6) is 5.75 Å². The predicted octanol–water partition coefficient (Wildman–Crippen LogP) is 6.95. The number of ether oxygens (including phenoxy) is 1. The summed E-state index contributed by atoms with van der Waals surface area (Å²) in [6.07, 6.45) is 6.34. The number of pyridine rings is 1. The number of aryl methyl sites for hydroxylation is 1. The Balaban J connectivity index is 1.18. The molecule has 0 bridgehead atoms. The number of benzene rings is 1. The molecule has 0 spiro atoms. The molecule has 1 saturated heterocycles. The Morgan fingerprint density at radius 1 is 1.22 bits per heavy atom. The van der Waals surface area contributed by atoms with E-state index in [-0.39, 0.29) is 17.0 Å². The van der Waals surface area contributed by atoms with Crippen molar-refractivity contribution in [1.82, 2.24) is 10.3 Å². The third-order valence-corrected chi connectivity index (χ3v) is 14.7. The number of nitrogens with zero attached hydrogens (tertiary/aromatic N) is 2. The molecule has 222 valence electrons. The summed E-state index contributed by atoms with van der Waals surface area (Å²) in [6.45, 7) is 16.2. The van der Waals surface area contributed by atoms with Crippen LogP contribution in [0.2, 0.25) is 18.1 Å². The van der Waals surface area contributed by atoms with Gasteiger partial charge in [0, 0.05) is 42.0 Å². The van der Waals surface area contributed by atoms with Crippen molar-refractivity contribution in [3.05, 3.63) is 46.5 Å². The van der Waals surface area contributed by atoms with Gasteiger partial charge in [-0.25, -0.2) is 4.98 Å². The van der Waals surface area contributed by atoms with Crippen LogP contribution in [0.1, 0.15) is 74.3 Å². The molecule has 2 aliphatic heterocycles. The number of amides is 1. The first kappa shape index (κ1) is 29.9. The van der Waals surface area contributed by atoms with Crippen molar-refractivity contribution in [2.45, 2.75) is 96.5 Å². The van der Waals surface area contributed by atoms with Crippen LogP contribution in [0.15, 0.2) is 30.3 Å². The van der Waals surface area contributed by atoms with Gasteiger partial charge in [0.15, 0.2) is 8.32 Å². The Labute approximate surface area is 249 Å². The molecule has 9 heteroatoms. The highest BCUT2D eigenvalue weighted by Gasteiger charge is 2.39. The van der Waals surface area contributed by atoms with E-state index in [1.807, 2.05) is 12.1 Å². The minimum atomic E-state index is -1.75. The SMILES string of the molecule is CCCCc1ccc2c(N)c(C(=O)N[C@H]3COc4cc(N5CCC(O[Si](C)(C)C(C)(C)C)CC5)ccc4C3)sc2n1. The largest absolute Gasteiger partial charge is 0.491 e. The normalized spacial score (nSPS) is 18.3.